The van der Waals surface area contributed by atoms with E-state index < -0.39 is 17.8 Å². The molecule has 0 bridgehead atoms. The molecule has 5 nitrogen and oxygen atoms in total. The molecular weight excluding hydrogens is 378 g/mol. The number of nitrogens with one attached hydrogen (secondary N) is 1. The van der Waals surface area contributed by atoms with Crippen molar-refractivity contribution in [2.45, 2.75) is 39.3 Å². The van der Waals surface area contributed by atoms with Crippen molar-refractivity contribution in [1.29, 1.82) is 0 Å². The number of rotatable bonds is 10. The van der Waals surface area contributed by atoms with Gasteiger partial charge in [0.05, 0.1) is 0 Å². The molecule has 1 N–H and O–H groups in total. The minimum absolute atomic E-state index is 0.133. The number of carbonyl (C=O) groups excluding carboxylic acids is 2. The van der Waals surface area contributed by atoms with Crippen molar-refractivity contribution in [3.63, 3.8) is 0 Å². The summed E-state index contributed by atoms with van der Waals surface area (Å²) < 4.78 is 31.6. The molecule has 0 saturated carbocycles. The Morgan fingerprint density at radius 3 is 2.21 bits per heavy atom. The molecule has 0 aromatic heterocycles. The Hall–Kier alpha value is -2.96. The van der Waals surface area contributed by atoms with Crippen LogP contribution in [0.25, 0.3) is 0 Å². The highest BCUT2D eigenvalue weighted by Gasteiger charge is 2.26. The molecule has 0 unspecified atom stereocenters. The van der Waals surface area contributed by atoms with E-state index in [2.05, 4.69) is 5.32 Å². The predicted octanol–water partition coefficient (Wildman–Crippen LogP) is 3.68. The molecule has 0 heterocycles. The maximum absolute atomic E-state index is 13.2. The summed E-state index contributed by atoms with van der Waals surface area (Å²) in [4.78, 5) is 26.7. The zero-order valence-electron chi connectivity index (χ0n) is 16.7. The van der Waals surface area contributed by atoms with Gasteiger partial charge < -0.3 is 15.0 Å². The summed E-state index contributed by atoms with van der Waals surface area (Å²) in [6.45, 7) is 4.02. The zero-order chi connectivity index (χ0) is 21.2. The van der Waals surface area contributed by atoms with E-state index in [0.29, 0.717) is 17.9 Å². The van der Waals surface area contributed by atoms with Crippen LogP contribution in [0.15, 0.2) is 48.5 Å². The lowest BCUT2D eigenvalue weighted by atomic mass is 10.1. The quantitative estimate of drug-likeness (QED) is 0.615. The summed E-state index contributed by atoms with van der Waals surface area (Å²) in [6.07, 6.45) is 1.79. The molecule has 0 aliphatic carbocycles. The van der Waals surface area contributed by atoms with Crippen molar-refractivity contribution in [1.82, 2.24) is 10.2 Å². The number of carbonyl (C=O) groups is 2. The highest BCUT2D eigenvalue weighted by molar-refractivity contribution is 5.87. The number of ether oxygens (including phenoxy) is 1. The summed E-state index contributed by atoms with van der Waals surface area (Å²) >= 11 is 0. The normalized spacial score (nSPS) is 11.6. The lowest BCUT2D eigenvalue weighted by Crippen LogP contribution is -2.49. The minimum Gasteiger partial charge on any atom is -0.484 e. The molecule has 2 aromatic rings. The minimum atomic E-state index is -0.735. The van der Waals surface area contributed by atoms with E-state index in [-0.39, 0.29) is 24.9 Å². The van der Waals surface area contributed by atoms with Gasteiger partial charge in [-0.1, -0.05) is 25.5 Å². The van der Waals surface area contributed by atoms with Crippen LogP contribution in [0.3, 0.4) is 0 Å². The SMILES string of the molecule is CCCCNC(=O)[C@H](C)N(Cc1ccc(F)cc1)C(=O)COc1ccc(F)cc1. The average Bonchev–Trinajstić information content (AvgIpc) is 2.72. The molecule has 2 amide bonds. The summed E-state index contributed by atoms with van der Waals surface area (Å²) in [7, 11) is 0. The number of unbranched alkanes of at least 4 members (excludes halogenated alkanes) is 1. The zero-order valence-corrected chi connectivity index (χ0v) is 16.7. The molecule has 2 rings (SSSR count). The van der Waals surface area contributed by atoms with Crippen molar-refractivity contribution in [2.24, 2.45) is 0 Å². The first-order valence-electron chi connectivity index (χ1n) is 9.60. The molecule has 1 atom stereocenters. The van der Waals surface area contributed by atoms with Gasteiger partial charge in [-0.05, 0) is 55.3 Å². The van der Waals surface area contributed by atoms with E-state index >= 15 is 0 Å². The summed E-state index contributed by atoms with van der Waals surface area (Å²) in [5, 5.41) is 2.82. The van der Waals surface area contributed by atoms with Crippen molar-refractivity contribution >= 4 is 11.8 Å². The largest absolute Gasteiger partial charge is 0.484 e. The van der Waals surface area contributed by atoms with Crippen LogP contribution in [-0.4, -0.2) is 35.9 Å². The van der Waals surface area contributed by atoms with Gasteiger partial charge in [-0.15, -0.1) is 0 Å². The first kappa shape index (κ1) is 22.3. The van der Waals surface area contributed by atoms with Crippen molar-refractivity contribution in [2.75, 3.05) is 13.2 Å². The Bertz CT molecular complexity index is 795. The van der Waals surface area contributed by atoms with E-state index in [0.717, 1.165) is 12.8 Å². The first-order valence-corrected chi connectivity index (χ1v) is 9.60. The first-order chi connectivity index (χ1) is 13.9. The second-order valence-electron chi connectivity index (χ2n) is 6.71. The van der Waals surface area contributed by atoms with Gasteiger partial charge in [0.25, 0.3) is 5.91 Å². The Kier molecular flexibility index (Phi) is 8.58. The van der Waals surface area contributed by atoms with Crippen LogP contribution in [0.1, 0.15) is 32.3 Å². The average molecular weight is 404 g/mol. The van der Waals surface area contributed by atoms with Gasteiger partial charge in [0, 0.05) is 13.1 Å². The molecular formula is C22H26F2N2O3. The molecule has 0 aliphatic rings. The Morgan fingerprint density at radius 1 is 1.03 bits per heavy atom. The number of hydrogen-bond acceptors (Lipinski definition) is 3. The Balaban J connectivity index is 2.08. The number of nitrogens with zero attached hydrogens (tertiary/aromatic N) is 1. The molecule has 0 radical (unpaired) electrons. The summed E-state index contributed by atoms with van der Waals surface area (Å²) in [6, 6.07) is 10.3. The van der Waals surface area contributed by atoms with Crippen LogP contribution in [0.5, 0.6) is 5.75 Å². The lowest BCUT2D eigenvalue weighted by Gasteiger charge is -2.28. The van der Waals surface area contributed by atoms with E-state index in [1.807, 2.05) is 6.92 Å². The maximum atomic E-state index is 13.2. The molecule has 0 saturated heterocycles. The highest BCUT2D eigenvalue weighted by atomic mass is 19.1. The highest BCUT2D eigenvalue weighted by Crippen LogP contribution is 2.14. The van der Waals surface area contributed by atoms with Gasteiger partial charge in [-0.3, -0.25) is 9.59 Å². The molecule has 7 heteroatoms. The lowest BCUT2D eigenvalue weighted by molar-refractivity contribution is -0.142. The standard InChI is InChI=1S/C22H26F2N2O3/c1-3-4-13-25-22(28)16(2)26(14-17-5-7-18(23)8-6-17)21(27)15-29-20-11-9-19(24)10-12-20/h5-12,16H,3-4,13-15H2,1-2H3,(H,25,28)/t16-/m0/s1. The second kappa shape index (κ2) is 11.1. The summed E-state index contributed by atoms with van der Waals surface area (Å²) in [5.41, 5.74) is 0.690. The van der Waals surface area contributed by atoms with Gasteiger partial charge in [-0.25, -0.2) is 8.78 Å². The van der Waals surface area contributed by atoms with Gasteiger partial charge in [0.1, 0.15) is 23.4 Å². The maximum Gasteiger partial charge on any atom is 0.261 e. The van der Waals surface area contributed by atoms with Crippen LogP contribution in [0.2, 0.25) is 0 Å². The fraction of sp³-hybridized carbons (Fsp3) is 0.364. The van der Waals surface area contributed by atoms with Gasteiger partial charge in [0.2, 0.25) is 5.91 Å². The van der Waals surface area contributed by atoms with Crippen molar-refractivity contribution in [3.8, 4) is 5.75 Å². The van der Waals surface area contributed by atoms with Crippen LogP contribution >= 0.6 is 0 Å². The number of hydrogen-bond donors (Lipinski definition) is 1. The predicted molar refractivity (Wildman–Crippen MR) is 106 cm³/mol. The van der Waals surface area contributed by atoms with Crippen LogP contribution in [0, 0.1) is 11.6 Å². The monoisotopic (exact) mass is 404 g/mol. The van der Waals surface area contributed by atoms with Crippen molar-refractivity contribution < 1.29 is 23.1 Å². The number of amides is 2. The third kappa shape index (κ3) is 7.18. The van der Waals surface area contributed by atoms with Crippen molar-refractivity contribution in [3.05, 3.63) is 65.7 Å². The van der Waals surface area contributed by atoms with Crippen LogP contribution in [0.4, 0.5) is 8.78 Å². The van der Waals surface area contributed by atoms with Crippen LogP contribution < -0.4 is 10.1 Å². The third-order valence-electron chi connectivity index (χ3n) is 4.44. The smallest absolute Gasteiger partial charge is 0.261 e. The molecule has 0 fully saturated rings. The fourth-order valence-corrected chi connectivity index (χ4v) is 2.66. The van der Waals surface area contributed by atoms with E-state index in [4.69, 9.17) is 4.74 Å². The number of halogens is 2. The van der Waals surface area contributed by atoms with Crippen LogP contribution in [-0.2, 0) is 16.1 Å². The molecule has 2 aromatic carbocycles. The fourth-order valence-electron chi connectivity index (χ4n) is 2.66. The van der Waals surface area contributed by atoms with E-state index in [1.165, 1.54) is 41.3 Å². The van der Waals surface area contributed by atoms with E-state index in [1.54, 1.807) is 19.1 Å². The second-order valence-corrected chi connectivity index (χ2v) is 6.71. The Morgan fingerprint density at radius 2 is 1.62 bits per heavy atom. The summed E-state index contributed by atoms with van der Waals surface area (Å²) in [5.74, 6) is -1.11. The van der Waals surface area contributed by atoms with Gasteiger partial charge in [0.15, 0.2) is 6.61 Å². The molecule has 29 heavy (non-hydrogen) atoms. The molecule has 0 aliphatic heterocycles. The Labute approximate surface area is 169 Å². The number of benzene rings is 2. The topological polar surface area (TPSA) is 58.6 Å². The third-order valence-corrected chi connectivity index (χ3v) is 4.44. The van der Waals surface area contributed by atoms with Gasteiger partial charge in [-0.2, -0.15) is 0 Å². The van der Waals surface area contributed by atoms with Gasteiger partial charge >= 0.3 is 0 Å². The molecule has 156 valence electrons. The van der Waals surface area contributed by atoms with E-state index in [9.17, 15) is 18.4 Å². The molecule has 0 spiro atoms.